The van der Waals surface area contributed by atoms with Crippen LogP contribution in [0.25, 0.3) is 0 Å². The van der Waals surface area contributed by atoms with Crippen molar-refractivity contribution in [2.45, 2.75) is 13.8 Å². The first-order valence-electron chi connectivity index (χ1n) is 4.17. The summed E-state index contributed by atoms with van der Waals surface area (Å²) in [4.78, 5) is 15.1. The topological polar surface area (TPSA) is 38.7 Å². The Labute approximate surface area is 78.8 Å². The number of rotatable bonds is 4. The Kier molecular flexibility index (Phi) is 6.51. The molecule has 0 atom stereocenters. The van der Waals surface area contributed by atoms with Crippen LogP contribution >= 0.6 is 0 Å². The van der Waals surface area contributed by atoms with Crippen molar-refractivity contribution in [2.75, 3.05) is 13.7 Å². The number of hydrogen-bond acceptors (Lipinski definition) is 3. The minimum Gasteiger partial charge on any atom is -0.465 e. The van der Waals surface area contributed by atoms with Crippen LogP contribution in [0, 0.1) is 0 Å². The zero-order chi connectivity index (χ0) is 10.1. The number of esters is 1. The summed E-state index contributed by atoms with van der Waals surface area (Å²) in [6.07, 6.45) is 6.71. The van der Waals surface area contributed by atoms with Crippen LogP contribution in [-0.4, -0.2) is 25.8 Å². The van der Waals surface area contributed by atoms with Crippen molar-refractivity contribution in [1.29, 1.82) is 0 Å². The van der Waals surface area contributed by atoms with E-state index >= 15 is 0 Å². The van der Waals surface area contributed by atoms with Gasteiger partial charge in [-0.15, -0.1) is 0 Å². The third-order valence-electron chi connectivity index (χ3n) is 1.31. The van der Waals surface area contributed by atoms with E-state index < -0.39 is 0 Å². The van der Waals surface area contributed by atoms with Crippen LogP contribution in [0.5, 0.6) is 0 Å². The van der Waals surface area contributed by atoms with Gasteiger partial charge in [0.1, 0.15) is 0 Å². The molecule has 3 nitrogen and oxygen atoms in total. The molecule has 0 aliphatic heterocycles. The highest BCUT2D eigenvalue weighted by atomic mass is 16.5. The summed E-state index contributed by atoms with van der Waals surface area (Å²) in [6, 6.07) is 0. The Bertz CT molecular complexity index is 239. The van der Waals surface area contributed by atoms with Crippen molar-refractivity contribution in [3.63, 3.8) is 0 Å². The van der Waals surface area contributed by atoms with E-state index in [1.165, 1.54) is 7.11 Å². The van der Waals surface area contributed by atoms with E-state index in [4.69, 9.17) is 0 Å². The predicted octanol–water partition coefficient (Wildman–Crippen LogP) is 1.75. The number of allylic oxidation sites excluding steroid dienone is 2. The normalized spacial score (nSPS) is 12.7. The third-order valence-corrected chi connectivity index (χ3v) is 1.31. The van der Waals surface area contributed by atoms with E-state index in [-0.39, 0.29) is 5.97 Å². The molecule has 0 amide bonds. The number of carbonyl (C=O) groups is 1. The highest BCUT2D eigenvalue weighted by Crippen LogP contribution is 1.98. The van der Waals surface area contributed by atoms with Crippen LogP contribution in [0.4, 0.5) is 0 Å². The molecule has 13 heavy (non-hydrogen) atoms. The quantitative estimate of drug-likeness (QED) is 0.287. The number of carbonyl (C=O) groups excluding carboxylic acids is 1. The average molecular weight is 181 g/mol. The van der Waals surface area contributed by atoms with Gasteiger partial charge in [-0.2, -0.15) is 0 Å². The third kappa shape index (κ3) is 4.95. The van der Waals surface area contributed by atoms with Gasteiger partial charge in [0, 0.05) is 12.8 Å². The van der Waals surface area contributed by atoms with E-state index in [1.807, 2.05) is 13.8 Å². The van der Waals surface area contributed by atoms with Crippen LogP contribution in [0.15, 0.2) is 28.8 Å². The highest BCUT2D eigenvalue weighted by Gasteiger charge is 2.02. The van der Waals surface area contributed by atoms with Crippen molar-refractivity contribution in [1.82, 2.24) is 0 Å². The molecule has 0 saturated carbocycles. The van der Waals surface area contributed by atoms with Crippen LogP contribution in [0.1, 0.15) is 13.8 Å². The van der Waals surface area contributed by atoms with Gasteiger partial charge in [-0.1, -0.05) is 12.2 Å². The molecule has 0 radical (unpaired) electrons. The summed E-state index contributed by atoms with van der Waals surface area (Å²) >= 11 is 0. The summed E-state index contributed by atoms with van der Waals surface area (Å²) in [5, 5.41) is 0. The molecule has 0 fully saturated rings. The van der Waals surface area contributed by atoms with Crippen LogP contribution < -0.4 is 0 Å². The molecule has 0 aromatic rings. The molecule has 0 saturated heterocycles. The first-order valence-corrected chi connectivity index (χ1v) is 4.17. The van der Waals surface area contributed by atoms with Gasteiger partial charge in [0.05, 0.1) is 12.7 Å². The number of aliphatic imine (C=N–C) groups is 1. The SMILES string of the molecule is C\C=C/C(=C\C=N\CC)C(=O)OC. The monoisotopic (exact) mass is 181 g/mol. The summed E-state index contributed by atoms with van der Waals surface area (Å²) in [5.74, 6) is -0.347. The lowest BCUT2D eigenvalue weighted by atomic mass is 10.2. The standard InChI is InChI=1S/C10H15NO2/c1-4-6-9(10(12)13-3)7-8-11-5-2/h4,6-8H,5H2,1-3H3/b6-4-,9-7+,11-8+. The van der Waals surface area contributed by atoms with Crippen LogP contribution in [-0.2, 0) is 9.53 Å². The molecule has 0 unspecified atom stereocenters. The van der Waals surface area contributed by atoms with Gasteiger partial charge in [0.25, 0.3) is 0 Å². The van der Waals surface area contributed by atoms with Crippen LogP contribution in [0.2, 0.25) is 0 Å². The second-order valence-corrected chi connectivity index (χ2v) is 2.26. The summed E-state index contributed by atoms with van der Waals surface area (Å²) in [6.45, 7) is 4.48. The molecular weight excluding hydrogens is 166 g/mol. The number of nitrogens with zero attached hydrogens (tertiary/aromatic N) is 1. The number of methoxy groups -OCH3 is 1. The van der Waals surface area contributed by atoms with Gasteiger partial charge >= 0.3 is 5.97 Å². The van der Waals surface area contributed by atoms with Gasteiger partial charge in [-0.3, -0.25) is 4.99 Å². The summed E-state index contributed by atoms with van der Waals surface area (Å²) in [7, 11) is 1.36. The molecular formula is C10H15NO2. The molecule has 72 valence electrons. The molecule has 0 aliphatic rings. The van der Waals surface area contributed by atoms with Crippen molar-refractivity contribution >= 4 is 12.2 Å². The maximum atomic E-state index is 11.1. The Morgan fingerprint density at radius 3 is 2.69 bits per heavy atom. The minimum absolute atomic E-state index is 0.347. The maximum absolute atomic E-state index is 11.1. The molecule has 0 N–H and O–H groups in total. The van der Waals surface area contributed by atoms with Gasteiger partial charge in [0.2, 0.25) is 0 Å². The van der Waals surface area contributed by atoms with Crippen molar-refractivity contribution < 1.29 is 9.53 Å². The number of hydrogen-bond donors (Lipinski definition) is 0. The average Bonchev–Trinajstić information content (AvgIpc) is 2.16. The lowest BCUT2D eigenvalue weighted by molar-refractivity contribution is -0.135. The molecule has 0 spiro atoms. The van der Waals surface area contributed by atoms with Gasteiger partial charge in [-0.05, 0) is 19.9 Å². The highest BCUT2D eigenvalue weighted by molar-refractivity contribution is 5.96. The molecule has 3 heteroatoms. The zero-order valence-corrected chi connectivity index (χ0v) is 8.28. The summed E-state index contributed by atoms with van der Waals surface area (Å²) in [5.41, 5.74) is 0.502. The lowest BCUT2D eigenvalue weighted by Crippen LogP contribution is -2.02. The number of ether oxygens (including phenoxy) is 1. The van der Waals surface area contributed by atoms with E-state index in [0.29, 0.717) is 12.1 Å². The second kappa shape index (κ2) is 7.28. The lowest BCUT2D eigenvalue weighted by Gasteiger charge is -1.96. The fourth-order valence-corrected chi connectivity index (χ4v) is 0.727. The predicted molar refractivity (Wildman–Crippen MR) is 53.9 cm³/mol. The first-order chi connectivity index (χ1) is 6.26. The van der Waals surface area contributed by atoms with Gasteiger partial charge in [0.15, 0.2) is 0 Å². The Morgan fingerprint density at radius 2 is 2.23 bits per heavy atom. The smallest absolute Gasteiger partial charge is 0.337 e. The fraction of sp³-hybridized carbons (Fsp3) is 0.400. The molecule has 0 heterocycles. The Hall–Kier alpha value is -1.38. The van der Waals surface area contributed by atoms with Crippen molar-refractivity contribution in [3.8, 4) is 0 Å². The maximum Gasteiger partial charge on any atom is 0.337 e. The molecule has 0 aromatic carbocycles. The van der Waals surface area contributed by atoms with Crippen molar-refractivity contribution in [2.24, 2.45) is 4.99 Å². The molecule has 0 aromatic heterocycles. The van der Waals surface area contributed by atoms with E-state index in [0.717, 1.165) is 0 Å². The summed E-state index contributed by atoms with van der Waals surface area (Å²) < 4.78 is 4.58. The van der Waals surface area contributed by atoms with E-state index in [9.17, 15) is 4.79 Å². The van der Waals surface area contributed by atoms with Gasteiger partial charge < -0.3 is 4.74 Å². The largest absolute Gasteiger partial charge is 0.465 e. The van der Waals surface area contributed by atoms with E-state index in [2.05, 4.69) is 9.73 Å². The minimum atomic E-state index is -0.347. The Morgan fingerprint density at radius 1 is 1.54 bits per heavy atom. The molecule has 0 aliphatic carbocycles. The Balaban J connectivity index is 4.49. The first kappa shape index (κ1) is 11.6. The molecule has 0 rings (SSSR count). The van der Waals surface area contributed by atoms with E-state index in [1.54, 1.807) is 24.4 Å². The second-order valence-electron chi connectivity index (χ2n) is 2.26. The fourth-order valence-electron chi connectivity index (χ4n) is 0.727. The molecule has 0 bridgehead atoms. The van der Waals surface area contributed by atoms with Gasteiger partial charge in [-0.25, -0.2) is 4.79 Å². The zero-order valence-electron chi connectivity index (χ0n) is 8.28. The van der Waals surface area contributed by atoms with Crippen molar-refractivity contribution in [3.05, 3.63) is 23.8 Å². The van der Waals surface area contributed by atoms with Crippen LogP contribution in [0.3, 0.4) is 0 Å².